The summed E-state index contributed by atoms with van der Waals surface area (Å²) < 4.78 is 30.6. The Bertz CT molecular complexity index is 721. The molecule has 1 fully saturated rings. The first-order valence-electron chi connectivity index (χ1n) is 6.71. The summed E-state index contributed by atoms with van der Waals surface area (Å²) >= 11 is 0. The molecule has 0 aliphatic carbocycles. The lowest BCUT2D eigenvalue weighted by molar-refractivity contribution is 0.215. The van der Waals surface area contributed by atoms with Crippen LogP contribution in [0.2, 0.25) is 0 Å². The van der Waals surface area contributed by atoms with Crippen LogP contribution < -0.4 is 0 Å². The second-order valence-corrected chi connectivity index (χ2v) is 7.79. The van der Waals surface area contributed by atoms with Gasteiger partial charge in [0.25, 0.3) is 0 Å². The molecule has 0 bridgehead atoms. The fraction of sp³-hybridized carbons (Fsp3) is 0.462. The quantitative estimate of drug-likeness (QED) is 0.845. The molecule has 0 saturated carbocycles. The van der Waals surface area contributed by atoms with Gasteiger partial charge in [-0.3, -0.25) is 4.98 Å². The van der Waals surface area contributed by atoms with Crippen molar-refractivity contribution >= 4 is 10.0 Å². The Morgan fingerprint density at radius 2 is 1.95 bits per heavy atom. The average molecular weight is 308 g/mol. The molecule has 0 N–H and O–H groups in total. The molecule has 0 aromatic carbocycles. The van der Waals surface area contributed by atoms with E-state index in [1.54, 1.807) is 38.4 Å². The summed E-state index contributed by atoms with van der Waals surface area (Å²) in [6.45, 7) is 4.16. The summed E-state index contributed by atoms with van der Waals surface area (Å²) in [5.74, 6) is 0.955. The van der Waals surface area contributed by atoms with Crippen LogP contribution in [-0.4, -0.2) is 46.2 Å². The minimum absolute atomic E-state index is 0.0263. The summed E-state index contributed by atoms with van der Waals surface area (Å²) in [6, 6.07) is 3.59. The predicted molar refractivity (Wildman–Crippen MR) is 75.9 cm³/mol. The summed E-state index contributed by atoms with van der Waals surface area (Å²) in [4.78, 5) is 8.27. The number of hydrogen-bond donors (Lipinski definition) is 0. The molecule has 1 saturated heterocycles. The molecule has 0 atom stereocenters. The molecule has 0 unspecified atom stereocenters. The Kier molecular flexibility index (Phi) is 3.50. The van der Waals surface area contributed by atoms with Gasteiger partial charge in [0.05, 0.1) is 11.2 Å². The maximum absolute atomic E-state index is 12.0. The van der Waals surface area contributed by atoms with Crippen LogP contribution in [0.25, 0.3) is 11.4 Å². The van der Waals surface area contributed by atoms with Crippen LogP contribution in [0.4, 0.5) is 0 Å². The molecule has 1 aliphatic heterocycles. The third kappa shape index (κ3) is 2.56. The molecule has 3 rings (SSSR count). The maximum atomic E-state index is 12.0. The lowest BCUT2D eigenvalue weighted by Gasteiger charge is -2.36. The van der Waals surface area contributed by atoms with Crippen LogP contribution in [0, 0.1) is 0 Å². The smallest absolute Gasteiger partial charge is 0.232 e. The van der Waals surface area contributed by atoms with Crippen LogP contribution in [0.5, 0.6) is 0 Å². The first kappa shape index (κ1) is 14.2. The monoisotopic (exact) mass is 308 g/mol. The summed E-state index contributed by atoms with van der Waals surface area (Å²) in [7, 11) is -3.19. The van der Waals surface area contributed by atoms with Gasteiger partial charge in [0.15, 0.2) is 0 Å². The summed E-state index contributed by atoms with van der Waals surface area (Å²) in [6.07, 6.45) is 3.32. The first-order valence-corrected chi connectivity index (χ1v) is 8.22. The molecule has 8 heteroatoms. The first-order chi connectivity index (χ1) is 9.98. The van der Waals surface area contributed by atoms with Crippen molar-refractivity contribution in [3.8, 4) is 11.4 Å². The number of hydrogen-bond acceptors (Lipinski definition) is 6. The molecule has 3 heterocycles. The fourth-order valence-corrected chi connectivity index (χ4v) is 3.49. The molecule has 7 nitrogen and oxygen atoms in total. The van der Waals surface area contributed by atoms with Crippen molar-refractivity contribution in [2.45, 2.75) is 25.0 Å². The standard InChI is InChI=1S/C13H16N4O3S/c1-9(2)21(18,19)17-7-11(8-17)13-15-12(16-20-13)10-3-5-14-6-4-10/h3-6,9,11H,7-8H2,1-2H3. The number of rotatable bonds is 4. The van der Waals surface area contributed by atoms with Crippen molar-refractivity contribution in [3.63, 3.8) is 0 Å². The zero-order valence-corrected chi connectivity index (χ0v) is 12.6. The van der Waals surface area contributed by atoms with Crippen LogP contribution in [0.3, 0.4) is 0 Å². The Hall–Kier alpha value is -1.80. The zero-order valence-electron chi connectivity index (χ0n) is 11.8. The Labute approximate surface area is 123 Å². The zero-order chi connectivity index (χ0) is 15.0. The molecule has 0 spiro atoms. The highest BCUT2D eigenvalue weighted by atomic mass is 32.2. The van der Waals surface area contributed by atoms with Crippen molar-refractivity contribution in [2.75, 3.05) is 13.1 Å². The van der Waals surface area contributed by atoms with Crippen LogP contribution in [-0.2, 0) is 10.0 Å². The van der Waals surface area contributed by atoms with Crippen molar-refractivity contribution < 1.29 is 12.9 Å². The van der Waals surface area contributed by atoms with Crippen LogP contribution >= 0.6 is 0 Å². The van der Waals surface area contributed by atoms with E-state index >= 15 is 0 Å². The number of nitrogens with zero attached hydrogens (tertiary/aromatic N) is 4. The molecule has 1 aliphatic rings. The van der Waals surface area contributed by atoms with E-state index in [1.807, 2.05) is 0 Å². The molecule has 2 aromatic rings. The average Bonchev–Trinajstić information content (AvgIpc) is 2.87. The molecule has 0 radical (unpaired) electrons. The number of sulfonamides is 1. The minimum atomic E-state index is -3.19. The van der Waals surface area contributed by atoms with Crippen molar-refractivity contribution in [3.05, 3.63) is 30.4 Å². The van der Waals surface area contributed by atoms with E-state index in [0.717, 1.165) is 5.56 Å². The second kappa shape index (κ2) is 5.19. The highest BCUT2D eigenvalue weighted by Crippen LogP contribution is 2.30. The lowest BCUT2D eigenvalue weighted by Crippen LogP contribution is -2.50. The predicted octanol–water partition coefficient (Wildman–Crippen LogP) is 1.27. The number of aromatic nitrogens is 3. The largest absolute Gasteiger partial charge is 0.339 e. The Morgan fingerprint density at radius 1 is 1.29 bits per heavy atom. The highest BCUT2D eigenvalue weighted by Gasteiger charge is 2.40. The van der Waals surface area contributed by atoms with E-state index in [0.29, 0.717) is 24.8 Å². The van der Waals surface area contributed by atoms with E-state index < -0.39 is 15.3 Å². The molecular formula is C13H16N4O3S. The van der Waals surface area contributed by atoms with Gasteiger partial charge in [-0.25, -0.2) is 12.7 Å². The van der Waals surface area contributed by atoms with Crippen molar-refractivity contribution in [2.24, 2.45) is 0 Å². The van der Waals surface area contributed by atoms with Gasteiger partial charge in [-0.05, 0) is 26.0 Å². The van der Waals surface area contributed by atoms with Gasteiger partial charge in [-0.1, -0.05) is 5.16 Å². The molecule has 112 valence electrons. The van der Waals surface area contributed by atoms with Gasteiger partial charge >= 0.3 is 0 Å². The second-order valence-electron chi connectivity index (χ2n) is 5.30. The van der Waals surface area contributed by atoms with E-state index in [4.69, 9.17) is 4.52 Å². The summed E-state index contributed by atoms with van der Waals surface area (Å²) in [5, 5.41) is 3.52. The van der Waals surface area contributed by atoms with Crippen LogP contribution in [0.1, 0.15) is 25.7 Å². The molecule has 2 aromatic heterocycles. The maximum Gasteiger partial charge on any atom is 0.232 e. The Balaban J connectivity index is 1.70. The van der Waals surface area contributed by atoms with Crippen molar-refractivity contribution in [1.29, 1.82) is 0 Å². The van der Waals surface area contributed by atoms with Gasteiger partial charge in [-0.2, -0.15) is 4.98 Å². The summed E-state index contributed by atoms with van der Waals surface area (Å²) in [5.41, 5.74) is 0.825. The van der Waals surface area contributed by atoms with Gasteiger partial charge in [0.1, 0.15) is 0 Å². The van der Waals surface area contributed by atoms with E-state index in [2.05, 4.69) is 15.1 Å². The fourth-order valence-electron chi connectivity index (χ4n) is 2.12. The number of pyridine rings is 1. The normalized spacial score (nSPS) is 17.1. The van der Waals surface area contributed by atoms with Gasteiger partial charge in [0.2, 0.25) is 21.7 Å². The molecular weight excluding hydrogens is 292 g/mol. The third-order valence-electron chi connectivity index (χ3n) is 3.53. The van der Waals surface area contributed by atoms with Crippen LogP contribution in [0.15, 0.2) is 29.0 Å². The third-order valence-corrected chi connectivity index (χ3v) is 5.74. The van der Waals surface area contributed by atoms with E-state index in [-0.39, 0.29) is 5.92 Å². The van der Waals surface area contributed by atoms with Gasteiger partial charge in [0, 0.05) is 31.0 Å². The molecule has 21 heavy (non-hydrogen) atoms. The Morgan fingerprint density at radius 3 is 2.57 bits per heavy atom. The lowest BCUT2D eigenvalue weighted by atomic mass is 10.0. The van der Waals surface area contributed by atoms with E-state index in [1.165, 1.54) is 4.31 Å². The SMILES string of the molecule is CC(C)S(=O)(=O)N1CC(c2nc(-c3ccncc3)no2)C1. The topological polar surface area (TPSA) is 89.2 Å². The van der Waals surface area contributed by atoms with E-state index in [9.17, 15) is 8.42 Å². The highest BCUT2D eigenvalue weighted by molar-refractivity contribution is 7.89. The molecule has 0 amide bonds. The van der Waals surface area contributed by atoms with Crippen molar-refractivity contribution in [1.82, 2.24) is 19.4 Å². The van der Waals surface area contributed by atoms with Gasteiger partial charge < -0.3 is 4.52 Å². The minimum Gasteiger partial charge on any atom is -0.339 e. The van der Waals surface area contributed by atoms with Gasteiger partial charge in [-0.15, -0.1) is 0 Å².